The molecule has 3 aliphatic rings. The molecule has 206 valence electrons. The van der Waals surface area contributed by atoms with Gasteiger partial charge in [-0.05, 0) is 55.5 Å². The number of benzene rings is 1. The van der Waals surface area contributed by atoms with Gasteiger partial charge in [0.15, 0.2) is 5.78 Å². The van der Waals surface area contributed by atoms with Crippen LogP contribution in [0.2, 0.25) is 0 Å². The number of ketones is 1. The number of azide groups is 1. The van der Waals surface area contributed by atoms with Crippen LogP contribution in [0.5, 0.6) is 0 Å². The average molecular weight is 526 g/mol. The summed E-state index contributed by atoms with van der Waals surface area (Å²) < 4.78 is 5.54. The molecule has 1 aromatic carbocycles. The van der Waals surface area contributed by atoms with E-state index >= 15 is 0 Å². The van der Waals surface area contributed by atoms with Crippen molar-refractivity contribution in [3.05, 3.63) is 40.3 Å². The summed E-state index contributed by atoms with van der Waals surface area (Å²) in [5.74, 6) is -0.929. The second-order valence-electron chi connectivity index (χ2n) is 11.9. The SMILES string of the molecule is CC(C)N1CCN(c2ccc(C(=O)N[C@@H](CC(C)(C)C)C(=O)N3C[C@@H](N=[N+]=[N-])[C@H]4OCC(=O)[C@H]43)cc2)CC1. The third-order valence-electron chi connectivity index (χ3n) is 7.60. The van der Waals surface area contributed by atoms with E-state index in [-0.39, 0.29) is 36.2 Å². The van der Waals surface area contributed by atoms with Crippen molar-refractivity contribution in [2.75, 3.05) is 44.2 Å². The highest BCUT2D eigenvalue weighted by Crippen LogP contribution is 2.32. The Bertz CT molecular complexity index is 1090. The summed E-state index contributed by atoms with van der Waals surface area (Å²) in [5.41, 5.74) is 10.2. The van der Waals surface area contributed by atoms with Gasteiger partial charge in [0.05, 0.1) is 12.1 Å². The highest BCUT2D eigenvalue weighted by molar-refractivity contribution is 5.99. The summed E-state index contributed by atoms with van der Waals surface area (Å²) in [6, 6.07) is 5.73. The van der Waals surface area contributed by atoms with E-state index in [0.717, 1.165) is 31.9 Å². The molecular formula is C27H39N7O4. The minimum atomic E-state index is -0.842. The van der Waals surface area contributed by atoms with Gasteiger partial charge in [0.2, 0.25) is 5.91 Å². The Kier molecular flexibility index (Phi) is 8.30. The number of carbonyl (C=O) groups is 3. The van der Waals surface area contributed by atoms with Crippen molar-refractivity contribution in [1.82, 2.24) is 15.1 Å². The number of hydrogen-bond donors (Lipinski definition) is 1. The molecule has 0 aliphatic carbocycles. The molecule has 3 saturated heterocycles. The maximum absolute atomic E-state index is 13.7. The largest absolute Gasteiger partial charge is 0.369 e. The first-order valence-electron chi connectivity index (χ1n) is 13.4. The summed E-state index contributed by atoms with van der Waals surface area (Å²) in [4.78, 5) is 48.6. The number of amides is 2. The van der Waals surface area contributed by atoms with Crippen molar-refractivity contribution >= 4 is 23.3 Å². The van der Waals surface area contributed by atoms with Crippen LogP contribution in [0.25, 0.3) is 10.4 Å². The minimum Gasteiger partial charge on any atom is -0.369 e. The van der Waals surface area contributed by atoms with Gasteiger partial charge in [-0.3, -0.25) is 19.3 Å². The molecule has 11 nitrogen and oxygen atoms in total. The van der Waals surface area contributed by atoms with E-state index in [1.807, 2.05) is 32.9 Å². The third-order valence-corrected chi connectivity index (χ3v) is 7.60. The highest BCUT2D eigenvalue weighted by Gasteiger charge is 2.53. The summed E-state index contributed by atoms with van der Waals surface area (Å²) in [7, 11) is 0. The number of anilines is 1. The quantitative estimate of drug-likeness (QED) is 0.331. The molecule has 1 aromatic rings. The van der Waals surface area contributed by atoms with Crippen LogP contribution in [0.4, 0.5) is 5.69 Å². The predicted molar refractivity (Wildman–Crippen MR) is 144 cm³/mol. The number of nitrogens with zero attached hydrogens (tertiary/aromatic N) is 6. The second-order valence-corrected chi connectivity index (χ2v) is 11.9. The van der Waals surface area contributed by atoms with Gasteiger partial charge in [-0.25, -0.2) is 0 Å². The number of rotatable bonds is 7. The molecule has 0 unspecified atom stereocenters. The molecule has 3 aliphatic heterocycles. The van der Waals surface area contributed by atoms with Crippen molar-refractivity contribution in [1.29, 1.82) is 0 Å². The third kappa shape index (κ3) is 6.11. The topological polar surface area (TPSA) is 131 Å². The van der Waals surface area contributed by atoms with Gasteiger partial charge in [0.1, 0.15) is 18.7 Å². The van der Waals surface area contributed by atoms with E-state index in [9.17, 15) is 14.4 Å². The van der Waals surface area contributed by atoms with Crippen LogP contribution in [0.15, 0.2) is 29.4 Å². The second kappa shape index (κ2) is 11.3. The Hall–Kier alpha value is -3.14. The lowest BCUT2D eigenvalue weighted by Crippen LogP contribution is -2.53. The fraction of sp³-hybridized carbons (Fsp3) is 0.667. The van der Waals surface area contributed by atoms with Crippen LogP contribution in [0, 0.1) is 5.41 Å². The van der Waals surface area contributed by atoms with E-state index in [2.05, 4.69) is 39.0 Å². The first-order valence-corrected chi connectivity index (χ1v) is 13.4. The normalized spacial score (nSPS) is 24.8. The molecule has 1 N–H and O–H groups in total. The Labute approximate surface area is 224 Å². The first-order chi connectivity index (χ1) is 18.0. The van der Waals surface area contributed by atoms with Crippen LogP contribution < -0.4 is 10.2 Å². The Morgan fingerprint density at radius 3 is 2.39 bits per heavy atom. The standard InChI is InChI=1S/C27H39N7O4/c1-17(2)32-10-12-33(13-11-32)19-8-6-18(7-9-19)25(36)29-20(14-27(3,4)5)26(37)34-15-21(30-31-28)24-23(34)22(35)16-38-24/h6-9,17,20-21,23-24H,10-16H2,1-5H3,(H,29,36)/t20-,21+,23+,24+/m0/s1. The van der Waals surface area contributed by atoms with Crippen LogP contribution in [0.1, 0.15) is 51.4 Å². The lowest BCUT2D eigenvalue weighted by molar-refractivity contribution is -0.138. The van der Waals surface area contributed by atoms with Crippen molar-refractivity contribution < 1.29 is 19.1 Å². The molecule has 4 rings (SSSR count). The van der Waals surface area contributed by atoms with Crippen molar-refractivity contribution in [2.45, 2.75) is 71.3 Å². The molecule has 0 aromatic heterocycles. The summed E-state index contributed by atoms with van der Waals surface area (Å²) >= 11 is 0. The Morgan fingerprint density at radius 2 is 1.82 bits per heavy atom. The molecule has 38 heavy (non-hydrogen) atoms. The number of fused-ring (bicyclic) bond motifs is 1. The van der Waals surface area contributed by atoms with Gasteiger partial charge < -0.3 is 19.9 Å². The molecule has 0 radical (unpaired) electrons. The zero-order chi connectivity index (χ0) is 27.6. The van der Waals surface area contributed by atoms with Crippen LogP contribution in [0.3, 0.4) is 0 Å². The number of hydrogen-bond acceptors (Lipinski definition) is 7. The van der Waals surface area contributed by atoms with Crippen LogP contribution in [-0.2, 0) is 14.3 Å². The van der Waals surface area contributed by atoms with Gasteiger partial charge in [0, 0.05) is 54.9 Å². The Morgan fingerprint density at radius 1 is 1.16 bits per heavy atom. The lowest BCUT2D eigenvalue weighted by atomic mass is 9.87. The maximum Gasteiger partial charge on any atom is 0.251 e. The predicted octanol–water partition coefficient (Wildman–Crippen LogP) is 2.61. The zero-order valence-corrected chi connectivity index (χ0v) is 23.0. The van der Waals surface area contributed by atoms with E-state index in [1.165, 1.54) is 4.90 Å². The Balaban J connectivity index is 1.46. The highest BCUT2D eigenvalue weighted by atomic mass is 16.5. The van der Waals surface area contributed by atoms with Crippen LogP contribution in [-0.4, -0.2) is 97.0 Å². The summed E-state index contributed by atoms with van der Waals surface area (Å²) in [6.45, 7) is 14.2. The number of ether oxygens (including phenoxy) is 1. The monoisotopic (exact) mass is 525 g/mol. The number of Topliss-reactive ketones (excluding diaryl/α,β-unsaturated/α-hetero) is 1. The zero-order valence-electron chi connectivity index (χ0n) is 23.0. The lowest BCUT2D eigenvalue weighted by Gasteiger charge is -2.38. The molecule has 2 amide bonds. The summed E-state index contributed by atoms with van der Waals surface area (Å²) in [6.07, 6.45) is -0.270. The number of carbonyl (C=O) groups excluding carboxylic acids is 3. The van der Waals surface area contributed by atoms with Gasteiger partial charge in [-0.15, -0.1) is 0 Å². The molecular weight excluding hydrogens is 486 g/mol. The smallest absolute Gasteiger partial charge is 0.251 e. The fourth-order valence-corrected chi connectivity index (χ4v) is 5.60. The van der Waals surface area contributed by atoms with E-state index in [0.29, 0.717) is 18.0 Å². The molecule has 3 heterocycles. The van der Waals surface area contributed by atoms with Gasteiger partial charge in [0.25, 0.3) is 5.91 Å². The van der Waals surface area contributed by atoms with Gasteiger partial charge in [-0.2, -0.15) is 0 Å². The molecule has 0 spiro atoms. The summed E-state index contributed by atoms with van der Waals surface area (Å²) in [5, 5.41) is 6.67. The van der Waals surface area contributed by atoms with Gasteiger partial charge in [-0.1, -0.05) is 25.9 Å². The number of piperazine rings is 1. The van der Waals surface area contributed by atoms with Crippen LogP contribution >= 0.6 is 0 Å². The van der Waals surface area contributed by atoms with Gasteiger partial charge >= 0.3 is 0 Å². The first kappa shape index (κ1) is 27.9. The maximum atomic E-state index is 13.7. The molecule has 0 bridgehead atoms. The van der Waals surface area contributed by atoms with E-state index in [4.69, 9.17) is 10.3 Å². The van der Waals surface area contributed by atoms with E-state index in [1.54, 1.807) is 12.1 Å². The van der Waals surface area contributed by atoms with Crippen molar-refractivity contribution in [3.8, 4) is 0 Å². The van der Waals surface area contributed by atoms with E-state index < -0.39 is 24.2 Å². The molecule has 3 fully saturated rings. The molecule has 0 saturated carbocycles. The van der Waals surface area contributed by atoms with Crippen molar-refractivity contribution in [3.63, 3.8) is 0 Å². The number of nitrogens with one attached hydrogen (secondary N) is 1. The van der Waals surface area contributed by atoms with Crippen molar-refractivity contribution in [2.24, 2.45) is 10.5 Å². The average Bonchev–Trinajstić information content (AvgIpc) is 3.43. The molecule has 4 atom stereocenters. The fourth-order valence-electron chi connectivity index (χ4n) is 5.60. The number of likely N-dealkylation sites (tertiary alicyclic amines) is 1. The molecule has 11 heteroatoms. The minimum absolute atomic E-state index is 0.0826.